The van der Waals surface area contributed by atoms with Gasteiger partial charge in [0.25, 0.3) is 9.05 Å². The fourth-order valence-electron chi connectivity index (χ4n) is 5.04. The van der Waals surface area contributed by atoms with Gasteiger partial charge in [0.1, 0.15) is 0 Å². The van der Waals surface area contributed by atoms with Crippen molar-refractivity contribution in [3.63, 3.8) is 0 Å². The van der Waals surface area contributed by atoms with Crippen molar-refractivity contribution >= 4 is 31.3 Å². The first-order valence-electron chi connectivity index (χ1n) is 16.8. The van der Waals surface area contributed by atoms with E-state index in [4.69, 9.17) is 19.1 Å². The van der Waals surface area contributed by atoms with Crippen LogP contribution in [-0.2, 0) is 33.5 Å². The molecule has 2 aromatic carbocycles. The predicted molar refractivity (Wildman–Crippen MR) is 192 cm³/mol. The molecule has 10 heteroatoms. The second-order valence-electron chi connectivity index (χ2n) is 11.4. The summed E-state index contributed by atoms with van der Waals surface area (Å²) in [6, 6.07) is 18.4. The summed E-state index contributed by atoms with van der Waals surface area (Å²) in [5.74, 6) is 0. The average molecular weight is 713 g/mol. The van der Waals surface area contributed by atoms with Gasteiger partial charge in [0, 0.05) is 10.7 Å². The molecule has 0 amide bonds. The van der Waals surface area contributed by atoms with Crippen molar-refractivity contribution in [3.8, 4) is 0 Å². The van der Waals surface area contributed by atoms with Crippen LogP contribution in [0.2, 0.25) is 0 Å². The summed E-state index contributed by atoms with van der Waals surface area (Å²) in [4.78, 5) is 0.181. The van der Waals surface area contributed by atoms with Crippen molar-refractivity contribution in [2.75, 3.05) is 0 Å². The number of aryl methyl sites for hydroxylation is 2. The summed E-state index contributed by atoms with van der Waals surface area (Å²) < 4.78 is 38.9. The Bertz CT molecular complexity index is 1020. The molecule has 0 bridgehead atoms. The number of hydrogen-bond acceptors (Lipinski definition) is 4. The van der Waals surface area contributed by atoms with Crippen LogP contribution in [0.15, 0.2) is 53.4 Å². The van der Waals surface area contributed by atoms with E-state index in [1.165, 1.54) is 146 Å². The van der Waals surface area contributed by atoms with Gasteiger partial charge in [-0.25, -0.2) is 8.42 Å². The van der Waals surface area contributed by atoms with E-state index in [-0.39, 0.29) is 45.4 Å². The van der Waals surface area contributed by atoms with Crippen LogP contribution in [-0.4, -0.2) is 27.8 Å². The quantitative estimate of drug-likeness (QED) is 0.0548. The summed E-state index contributed by atoms with van der Waals surface area (Å²) in [5.41, 5.74) is 2.65. The molecule has 0 unspecified atom stereocenters. The van der Waals surface area contributed by atoms with Crippen molar-refractivity contribution in [2.24, 2.45) is 0 Å². The second-order valence-corrected chi connectivity index (χ2v) is 14.1. The molecule has 2 rings (SSSR count). The van der Waals surface area contributed by atoms with Crippen LogP contribution in [0.25, 0.3) is 0 Å². The Morgan fingerprint density at radius 3 is 1.13 bits per heavy atom. The topological polar surface area (TPSA) is 131 Å². The van der Waals surface area contributed by atoms with E-state index in [0.717, 1.165) is 6.42 Å². The van der Waals surface area contributed by atoms with Crippen LogP contribution < -0.4 is 29.6 Å². The molecule has 0 aliphatic carbocycles. The van der Waals surface area contributed by atoms with Crippen LogP contribution in [0.3, 0.4) is 0 Å². The normalized spacial score (nSPS) is 10.1. The van der Waals surface area contributed by atoms with Crippen molar-refractivity contribution in [1.29, 1.82) is 0 Å². The van der Waals surface area contributed by atoms with Gasteiger partial charge in [0.2, 0.25) is 0 Å². The molecule has 46 heavy (non-hydrogen) atoms. The first kappa shape index (κ1) is 52.2. The SMILES string of the molecule is CCCCCCCCCCCCc1cc[c-]cc1.CCCCCCCCCCCCc1ccc(S(=O)(=O)Cl)cc1.O.O.O=S=O.[Na+]. The maximum absolute atomic E-state index is 11.2. The molecule has 0 aliphatic rings. The van der Waals surface area contributed by atoms with Crippen molar-refractivity contribution in [3.05, 3.63) is 65.7 Å². The van der Waals surface area contributed by atoms with Gasteiger partial charge in [0.05, 0.1) is 4.90 Å². The first-order valence-corrected chi connectivity index (χ1v) is 19.8. The van der Waals surface area contributed by atoms with Gasteiger partial charge in [-0.15, -0.1) is 0 Å². The molecule has 0 radical (unpaired) electrons. The van der Waals surface area contributed by atoms with Gasteiger partial charge in [0.15, 0.2) is 0 Å². The van der Waals surface area contributed by atoms with Crippen molar-refractivity contribution < 1.29 is 57.3 Å². The third-order valence-electron chi connectivity index (χ3n) is 7.63. The first-order chi connectivity index (χ1) is 20.9. The Hall–Kier alpha value is -0.580. The zero-order valence-corrected chi connectivity index (χ0v) is 33.4. The fourth-order valence-corrected chi connectivity index (χ4v) is 5.81. The number of rotatable bonds is 23. The molecular formula is C36H62ClNaO6S2. The monoisotopic (exact) mass is 712 g/mol. The van der Waals surface area contributed by atoms with Gasteiger partial charge < -0.3 is 11.0 Å². The molecule has 0 saturated heterocycles. The Kier molecular flexibility index (Phi) is 44.1. The maximum atomic E-state index is 11.2. The standard InChI is InChI=1S/C18H29ClO2S.C18H29.Na.O2S.2H2O/c1-2-3-4-5-6-7-8-9-10-11-12-17-13-15-18(16-14-17)22(19,20)21;1-2-3-4-5-6-7-8-9-10-12-15-18-16-13-11-14-17-18;;1-3-2;;/h13-16H,2-12H2,1H3;13-14,16-17H,2-10,12,15H2,1H3;;;2*1H2/q;-1;+1;;;. The van der Waals surface area contributed by atoms with E-state index in [2.05, 4.69) is 32.0 Å². The van der Waals surface area contributed by atoms with Crippen LogP contribution in [0, 0.1) is 6.07 Å². The second kappa shape index (κ2) is 38.9. The molecule has 0 aromatic heterocycles. The van der Waals surface area contributed by atoms with Crippen LogP contribution in [0.5, 0.6) is 0 Å². The maximum Gasteiger partial charge on any atom is 1.00 e. The molecule has 262 valence electrons. The smallest absolute Gasteiger partial charge is 0.412 e. The Balaban J connectivity index is -0.000000337. The van der Waals surface area contributed by atoms with Crippen LogP contribution in [0.1, 0.15) is 153 Å². The summed E-state index contributed by atoms with van der Waals surface area (Å²) in [6.45, 7) is 4.53. The molecule has 2 aromatic rings. The van der Waals surface area contributed by atoms with Gasteiger partial charge in [-0.1, -0.05) is 154 Å². The van der Waals surface area contributed by atoms with E-state index in [1.54, 1.807) is 12.1 Å². The molecule has 0 spiro atoms. The number of unbranched alkanes of at least 4 members (excludes halogenated alkanes) is 18. The molecule has 0 saturated carbocycles. The van der Waals surface area contributed by atoms with E-state index >= 15 is 0 Å². The minimum absolute atomic E-state index is 0. The Morgan fingerprint density at radius 2 is 0.826 bits per heavy atom. The third kappa shape index (κ3) is 34.7. The van der Waals surface area contributed by atoms with Crippen molar-refractivity contribution in [2.45, 2.75) is 160 Å². The minimum atomic E-state index is -3.59. The van der Waals surface area contributed by atoms with Gasteiger partial charge in [-0.05, 0) is 30.5 Å². The zero-order valence-electron chi connectivity index (χ0n) is 29.0. The molecule has 4 N–H and O–H groups in total. The molecule has 0 heterocycles. The number of hydrogen-bond donors (Lipinski definition) is 0. The minimum Gasteiger partial charge on any atom is -0.412 e. The summed E-state index contributed by atoms with van der Waals surface area (Å²) in [7, 11) is 1.71. The molecule has 6 nitrogen and oxygen atoms in total. The largest absolute Gasteiger partial charge is 1.00 e. The average Bonchev–Trinajstić information content (AvgIpc) is 3.00. The summed E-state index contributed by atoms with van der Waals surface area (Å²) in [5, 5.41) is 0. The van der Waals surface area contributed by atoms with E-state index in [0.29, 0.717) is 0 Å². The number of benzene rings is 2. The van der Waals surface area contributed by atoms with E-state index < -0.39 is 20.6 Å². The van der Waals surface area contributed by atoms with E-state index in [1.807, 2.05) is 24.3 Å². The molecule has 0 atom stereocenters. The predicted octanol–water partition coefficient (Wildman–Crippen LogP) is 6.71. The molecule has 0 aliphatic heterocycles. The molecule has 0 fully saturated rings. The fraction of sp³-hybridized carbons (Fsp3) is 0.667. The van der Waals surface area contributed by atoms with Gasteiger partial charge >= 0.3 is 41.1 Å². The Morgan fingerprint density at radius 1 is 0.543 bits per heavy atom. The van der Waals surface area contributed by atoms with Gasteiger partial charge in [-0.3, -0.25) is 0 Å². The van der Waals surface area contributed by atoms with Crippen LogP contribution >= 0.6 is 10.7 Å². The summed E-state index contributed by atoms with van der Waals surface area (Å²) >= 11 is -0.750. The van der Waals surface area contributed by atoms with E-state index in [9.17, 15) is 8.42 Å². The Labute approximate surface area is 312 Å². The van der Waals surface area contributed by atoms with Crippen molar-refractivity contribution in [1.82, 2.24) is 0 Å². The third-order valence-corrected chi connectivity index (χ3v) is 9.00. The zero-order chi connectivity index (χ0) is 31.9. The summed E-state index contributed by atoms with van der Waals surface area (Å²) in [6.07, 6.45) is 29.8. The van der Waals surface area contributed by atoms with Crippen LogP contribution in [0.4, 0.5) is 0 Å². The van der Waals surface area contributed by atoms with Gasteiger partial charge in [-0.2, -0.15) is 44.3 Å². The number of halogens is 1. The molecular weight excluding hydrogens is 651 g/mol.